The van der Waals surface area contributed by atoms with Gasteiger partial charge < -0.3 is 11.5 Å². The molecule has 0 saturated heterocycles. The zero-order valence-corrected chi connectivity index (χ0v) is 13.1. The standard InChI is InChI=1S/C15H15N5OS/c1-3-19-11(16)9(12(17)22)7-10-14(19)18-13-8(2)5-4-6-20(13)15(10)21/h4-7,16H,3H2,1-2H3,(H2,17,22)/p+1. The van der Waals surface area contributed by atoms with Crippen molar-refractivity contribution in [3.63, 3.8) is 0 Å². The lowest BCUT2D eigenvalue weighted by Gasteiger charge is -2.10. The van der Waals surface area contributed by atoms with Crippen molar-refractivity contribution in [1.82, 2.24) is 9.38 Å². The molecule has 0 saturated carbocycles. The van der Waals surface area contributed by atoms with Gasteiger partial charge in [-0.2, -0.15) is 0 Å². The van der Waals surface area contributed by atoms with Gasteiger partial charge in [-0.1, -0.05) is 23.3 Å². The van der Waals surface area contributed by atoms with Crippen molar-refractivity contribution in [2.45, 2.75) is 20.4 Å². The van der Waals surface area contributed by atoms with E-state index in [1.54, 1.807) is 16.8 Å². The quantitative estimate of drug-likeness (QED) is 0.412. The van der Waals surface area contributed by atoms with Crippen LogP contribution in [0.15, 0.2) is 29.2 Å². The van der Waals surface area contributed by atoms with Crippen LogP contribution in [0.5, 0.6) is 0 Å². The second kappa shape index (κ2) is 5.03. The zero-order chi connectivity index (χ0) is 16.0. The van der Waals surface area contributed by atoms with Crippen molar-refractivity contribution < 1.29 is 4.57 Å². The van der Waals surface area contributed by atoms with Crippen LogP contribution in [0.3, 0.4) is 0 Å². The van der Waals surface area contributed by atoms with Crippen LogP contribution >= 0.6 is 12.2 Å². The van der Waals surface area contributed by atoms with E-state index >= 15 is 0 Å². The van der Waals surface area contributed by atoms with E-state index in [1.165, 1.54) is 4.40 Å². The number of aromatic nitrogens is 3. The number of nitrogens with zero attached hydrogens (tertiary/aromatic N) is 3. The van der Waals surface area contributed by atoms with Crippen LogP contribution in [0.25, 0.3) is 16.7 Å². The molecule has 7 heteroatoms. The topological polar surface area (TPSA) is 90.3 Å². The first-order chi connectivity index (χ1) is 10.5. The van der Waals surface area contributed by atoms with E-state index in [2.05, 4.69) is 4.98 Å². The molecule has 0 atom stereocenters. The van der Waals surface area contributed by atoms with E-state index in [1.807, 2.05) is 26.0 Å². The number of rotatable bonds is 2. The Morgan fingerprint density at radius 1 is 1.50 bits per heavy atom. The highest BCUT2D eigenvalue weighted by Crippen LogP contribution is 2.15. The molecule has 0 radical (unpaired) electrons. The Bertz CT molecular complexity index is 993. The summed E-state index contributed by atoms with van der Waals surface area (Å²) in [6.07, 6.45) is 1.70. The summed E-state index contributed by atoms with van der Waals surface area (Å²) < 4.78 is 3.29. The number of thiocarbonyl (C=S) groups is 1. The summed E-state index contributed by atoms with van der Waals surface area (Å²) in [6, 6.07) is 5.36. The molecule has 0 aliphatic carbocycles. The highest BCUT2D eigenvalue weighted by atomic mass is 32.1. The molecule has 112 valence electrons. The van der Waals surface area contributed by atoms with Crippen LogP contribution in [0, 0.1) is 6.92 Å². The van der Waals surface area contributed by atoms with Crippen molar-refractivity contribution in [2.75, 3.05) is 5.73 Å². The SMILES string of the molecule is CC[n+]1c(N)c(C(N)=S)cc2c(=O)n3cccc(C)c3nc21. The second-order valence-corrected chi connectivity index (χ2v) is 5.53. The average Bonchev–Trinajstić information content (AvgIpc) is 2.48. The molecule has 3 rings (SSSR count). The van der Waals surface area contributed by atoms with Gasteiger partial charge in [0.1, 0.15) is 10.4 Å². The number of aryl methyl sites for hydroxylation is 2. The van der Waals surface area contributed by atoms with Crippen LogP contribution < -0.4 is 21.6 Å². The molecule has 0 aliphatic heterocycles. The molecule has 3 heterocycles. The van der Waals surface area contributed by atoms with E-state index in [0.717, 1.165) is 5.56 Å². The van der Waals surface area contributed by atoms with Gasteiger partial charge in [-0.15, -0.1) is 0 Å². The maximum Gasteiger partial charge on any atom is 0.278 e. The Hall–Kier alpha value is -2.54. The first-order valence-electron chi connectivity index (χ1n) is 6.89. The van der Waals surface area contributed by atoms with Gasteiger partial charge in [-0.05, 0) is 26.0 Å². The fraction of sp³-hybridized carbons (Fsp3) is 0.200. The first-order valence-corrected chi connectivity index (χ1v) is 7.30. The fourth-order valence-corrected chi connectivity index (χ4v) is 2.79. The van der Waals surface area contributed by atoms with Gasteiger partial charge >= 0.3 is 0 Å². The van der Waals surface area contributed by atoms with Crippen molar-refractivity contribution in [1.29, 1.82) is 0 Å². The number of nitrogen functional groups attached to an aromatic ring is 1. The summed E-state index contributed by atoms with van der Waals surface area (Å²) >= 11 is 5.04. The summed E-state index contributed by atoms with van der Waals surface area (Å²) in [5.41, 5.74) is 14.3. The molecule has 0 aliphatic rings. The van der Waals surface area contributed by atoms with E-state index < -0.39 is 0 Å². The van der Waals surface area contributed by atoms with Crippen molar-refractivity contribution in [3.05, 3.63) is 45.9 Å². The van der Waals surface area contributed by atoms with E-state index in [-0.39, 0.29) is 10.5 Å². The monoisotopic (exact) mass is 314 g/mol. The Balaban J connectivity index is 2.62. The van der Waals surface area contributed by atoms with Gasteiger partial charge in [-0.3, -0.25) is 9.20 Å². The molecule has 6 nitrogen and oxygen atoms in total. The third kappa shape index (κ3) is 1.93. The number of pyridine rings is 2. The molecule has 0 spiro atoms. The normalized spacial score (nSPS) is 11.2. The number of anilines is 1. The summed E-state index contributed by atoms with van der Waals surface area (Å²) in [5.74, 6) is 0.423. The molecule has 0 fully saturated rings. The van der Waals surface area contributed by atoms with Gasteiger partial charge in [0.2, 0.25) is 11.5 Å². The number of hydrogen-bond donors (Lipinski definition) is 2. The van der Waals surface area contributed by atoms with Crippen LogP contribution in [0.1, 0.15) is 18.1 Å². The van der Waals surface area contributed by atoms with Gasteiger partial charge in [0.15, 0.2) is 0 Å². The molecule has 0 aromatic carbocycles. The number of nitrogens with two attached hydrogens (primary N) is 2. The maximum absolute atomic E-state index is 12.8. The van der Waals surface area contributed by atoms with E-state index in [0.29, 0.717) is 34.6 Å². The van der Waals surface area contributed by atoms with Crippen molar-refractivity contribution in [2.24, 2.45) is 5.73 Å². The second-order valence-electron chi connectivity index (χ2n) is 5.09. The van der Waals surface area contributed by atoms with Crippen LogP contribution in [0.2, 0.25) is 0 Å². The predicted octanol–water partition coefficient (Wildman–Crippen LogP) is 0.680. The highest BCUT2D eigenvalue weighted by molar-refractivity contribution is 7.80. The molecule has 4 N–H and O–H groups in total. The average molecular weight is 314 g/mol. The third-order valence-electron chi connectivity index (χ3n) is 3.76. The van der Waals surface area contributed by atoms with Gasteiger partial charge in [0.25, 0.3) is 11.2 Å². The minimum atomic E-state index is -0.164. The lowest BCUT2D eigenvalue weighted by molar-refractivity contribution is -0.655. The Morgan fingerprint density at radius 2 is 2.23 bits per heavy atom. The van der Waals surface area contributed by atoms with E-state index in [9.17, 15) is 4.79 Å². The van der Waals surface area contributed by atoms with Gasteiger partial charge in [0, 0.05) is 11.8 Å². The lowest BCUT2D eigenvalue weighted by atomic mass is 10.2. The van der Waals surface area contributed by atoms with Crippen LogP contribution in [0.4, 0.5) is 5.82 Å². The highest BCUT2D eigenvalue weighted by Gasteiger charge is 2.21. The Labute approximate surface area is 132 Å². The third-order valence-corrected chi connectivity index (χ3v) is 3.98. The van der Waals surface area contributed by atoms with Gasteiger partial charge in [-0.25, -0.2) is 4.57 Å². The summed E-state index contributed by atoms with van der Waals surface area (Å²) in [7, 11) is 0. The predicted molar refractivity (Wildman–Crippen MR) is 89.9 cm³/mol. The summed E-state index contributed by atoms with van der Waals surface area (Å²) in [6.45, 7) is 4.41. The molecular formula is C15H16N5OS+. The lowest BCUT2D eigenvalue weighted by Crippen LogP contribution is -2.41. The molecule has 3 aromatic rings. The largest absolute Gasteiger partial charge is 0.389 e. The van der Waals surface area contributed by atoms with Gasteiger partial charge in [0.05, 0.1) is 12.1 Å². The first kappa shape index (κ1) is 14.4. The summed E-state index contributed by atoms with van der Waals surface area (Å²) in [5, 5.41) is 0.446. The summed E-state index contributed by atoms with van der Waals surface area (Å²) in [4.78, 5) is 17.6. The molecular weight excluding hydrogens is 298 g/mol. The number of hydrogen-bond acceptors (Lipinski definition) is 4. The van der Waals surface area contributed by atoms with Crippen LogP contribution in [-0.4, -0.2) is 14.4 Å². The zero-order valence-electron chi connectivity index (χ0n) is 12.3. The number of fused-ring (bicyclic) bond motifs is 2. The van der Waals surface area contributed by atoms with E-state index in [4.69, 9.17) is 23.7 Å². The Kier molecular flexibility index (Phi) is 3.29. The van der Waals surface area contributed by atoms with Crippen molar-refractivity contribution in [3.8, 4) is 0 Å². The Morgan fingerprint density at radius 3 is 2.86 bits per heavy atom. The minimum absolute atomic E-state index is 0.162. The maximum atomic E-state index is 12.8. The fourth-order valence-electron chi connectivity index (χ4n) is 2.63. The molecule has 0 unspecified atom stereocenters. The molecule has 0 bridgehead atoms. The molecule has 0 amide bonds. The smallest absolute Gasteiger partial charge is 0.278 e. The molecule has 22 heavy (non-hydrogen) atoms. The molecule has 3 aromatic heterocycles. The van der Waals surface area contributed by atoms with Crippen molar-refractivity contribution >= 4 is 39.7 Å². The van der Waals surface area contributed by atoms with Crippen LogP contribution in [-0.2, 0) is 6.54 Å². The minimum Gasteiger partial charge on any atom is -0.389 e.